The minimum Gasteiger partial charge on any atom is -0.482 e. The Balaban J connectivity index is 1.90. The van der Waals surface area contributed by atoms with Gasteiger partial charge in [-0.3, -0.25) is 14.9 Å². The number of benzene rings is 2. The van der Waals surface area contributed by atoms with Crippen molar-refractivity contribution in [2.75, 3.05) is 18.5 Å². The first-order valence-corrected chi connectivity index (χ1v) is 8.13. The van der Waals surface area contributed by atoms with E-state index in [1.807, 2.05) is 5.32 Å². The van der Waals surface area contributed by atoms with Crippen molar-refractivity contribution in [2.45, 2.75) is 6.18 Å². The number of amides is 1. The Morgan fingerprint density at radius 2 is 1.76 bits per heavy atom. The van der Waals surface area contributed by atoms with Crippen LogP contribution in [0.25, 0.3) is 0 Å². The minimum atomic E-state index is -4.78. The molecule has 8 nitrogen and oxygen atoms in total. The van der Waals surface area contributed by atoms with Crippen LogP contribution in [-0.2, 0) is 20.5 Å². The number of hydrogen-bond donors (Lipinski definition) is 1. The van der Waals surface area contributed by atoms with E-state index >= 15 is 0 Å². The summed E-state index contributed by atoms with van der Waals surface area (Å²) in [6.07, 6.45) is -4.78. The van der Waals surface area contributed by atoms with Crippen LogP contribution in [0, 0.1) is 10.1 Å². The molecule has 0 radical (unpaired) electrons. The van der Waals surface area contributed by atoms with Gasteiger partial charge in [0.2, 0.25) is 0 Å². The van der Waals surface area contributed by atoms with E-state index in [1.54, 1.807) is 0 Å². The van der Waals surface area contributed by atoms with Gasteiger partial charge >= 0.3 is 12.1 Å². The van der Waals surface area contributed by atoms with Gasteiger partial charge in [-0.05, 0) is 36.4 Å². The van der Waals surface area contributed by atoms with E-state index in [-0.39, 0.29) is 0 Å². The number of nitro benzene ring substituents is 1. The molecule has 0 spiro atoms. The standard InChI is InChI=1S/C17H12ClF3N2O6/c18-11-2-4-12(5-3-11)28-9-16(25)29-8-15(24)22-13-6-1-10(17(19,20)21)7-14(13)23(26)27/h1-7H,8-9H2,(H,22,24). The Labute approximate surface area is 166 Å². The van der Waals surface area contributed by atoms with Crippen molar-refractivity contribution < 1.29 is 37.2 Å². The fourth-order valence-corrected chi connectivity index (χ4v) is 2.14. The van der Waals surface area contributed by atoms with Gasteiger partial charge in [-0.25, -0.2) is 4.79 Å². The van der Waals surface area contributed by atoms with E-state index in [0.29, 0.717) is 22.9 Å². The second kappa shape index (κ2) is 9.24. The van der Waals surface area contributed by atoms with Gasteiger partial charge in [-0.2, -0.15) is 13.2 Å². The third-order valence-corrected chi connectivity index (χ3v) is 3.58. The van der Waals surface area contributed by atoms with Crippen LogP contribution in [0.4, 0.5) is 24.5 Å². The van der Waals surface area contributed by atoms with Gasteiger partial charge in [0.05, 0.1) is 10.5 Å². The highest BCUT2D eigenvalue weighted by Crippen LogP contribution is 2.34. The van der Waals surface area contributed by atoms with Crippen molar-refractivity contribution in [1.82, 2.24) is 0 Å². The molecule has 29 heavy (non-hydrogen) atoms. The number of nitrogens with zero attached hydrogens (tertiary/aromatic N) is 1. The van der Waals surface area contributed by atoms with Crippen molar-refractivity contribution in [3.63, 3.8) is 0 Å². The van der Waals surface area contributed by atoms with E-state index in [4.69, 9.17) is 16.3 Å². The lowest BCUT2D eigenvalue weighted by atomic mass is 10.1. The van der Waals surface area contributed by atoms with Gasteiger partial charge < -0.3 is 14.8 Å². The summed E-state index contributed by atoms with van der Waals surface area (Å²) in [7, 11) is 0. The molecule has 1 N–H and O–H groups in total. The maximum atomic E-state index is 12.7. The molecule has 154 valence electrons. The summed E-state index contributed by atoms with van der Waals surface area (Å²) in [6.45, 7) is -1.34. The highest BCUT2D eigenvalue weighted by Gasteiger charge is 2.33. The van der Waals surface area contributed by atoms with Crippen LogP contribution in [0.1, 0.15) is 5.56 Å². The van der Waals surface area contributed by atoms with Crippen LogP contribution >= 0.6 is 11.6 Å². The Bertz CT molecular complexity index is 918. The number of anilines is 1. The minimum absolute atomic E-state index is 0.293. The number of carbonyl (C=O) groups excluding carboxylic acids is 2. The summed E-state index contributed by atoms with van der Waals surface area (Å²) in [6, 6.07) is 7.69. The first-order valence-electron chi connectivity index (χ1n) is 7.76. The normalized spacial score (nSPS) is 10.9. The molecule has 2 aromatic rings. The summed E-state index contributed by atoms with van der Waals surface area (Å²) >= 11 is 5.70. The molecule has 0 unspecified atom stereocenters. The van der Waals surface area contributed by atoms with E-state index < -0.39 is 53.1 Å². The molecule has 0 aliphatic carbocycles. The first kappa shape index (κ1) is 22.0. The molecule has 0 aliphatic heterocycles. The van der Waals surface area contributed by atoms with Crippen LogP contribution in [0.2, 0.25) is 5.02 Å². The number of esters is 1. The van der Waals surface area contributed by atoms with Crippen LogP contribution in [0.3, 0.4) is 0 Å². The van der Waals surface area contributed by atoms with Gasteiger partial charge in [0, 0.05) is 11.1 Å². The highest BCUT2D eigenvalue weighted by molar-refractivity contribution is 6.30. The number of ether oxygens (including phenoxy) is 2. The third kappa shape index (κ3) is 6.64. The van der Waals surface area contributed by atoms with Gasteiger partial charge in [-0.15, -0.1) is 0 Å². The number of nitro groups is 1. The van der Waals surface area contributed by atoms with Crippen molar-refractivity contribution in [1.29, 1.82) is 0 Å². The molecule has 0 saturated heterocycles. The number of nitrogens with one attached hydrogen (secondary N) is 1. The summed E-state index contributed by atoms with van der Waals surface area (Å²) in [5.41, 5.74) is -2.67. The van der Waals surface area contributed by atoms with Gasteiger partial charge in [0.1, 0.15) is 11.4 Å². The highest BCUT2D eigenvalue weighted by atomic mass is 35.5. The zero-order valence-corrected chi connectivity index (χ0v) is 15.1. The lowest BCUT2D eigenvalue weighted by molar-refractivity contribution is -0.384. The molecule has 0 fully saturated rings. The van der Waals surface area contributed by atoms with Gasteiger partial charge in [-0.1, -0.05) is 11.6 Å². The van der Waals surface area contributed by atoms with E-state index in [2.05, 4.69) is 4.74 Å². The Morgan fingerprint density at radius 3 is 2.34 bits per heavy atom. The van der Waals surface area contributed by atoms with E-state index in [1.165, 1.54) is 24.3 Å². The van der Waals surface area contributed by atoms with Crippen molar-refractivity contribution in [3.05, 3.63) is 63.2 Å². The van der Waals surface area contributed by atoms with Crippen molar-refractivity contribution >= 4 is 34.9 Å². The predicted molar refractivity (Wildman–Crippen MR) is 94.6 cm³/mol. The molecular formula is C17H12ClF3N2O6. The summed E-state index contributed by atoms with van der Waals surface area (Å²) in [4.78, 5) is 33.3. The summed E-state index contributed by atoms with van der Waals surface area (Å²) < 4.78 is 47.7. The van der Waals surface area contributed by atoms with Crippen molar-refractivity contribution in [3.8, 4) is 5.75 Å². The lowest BCUT2D eigenvalue weighted by Crippen LogP contribution is -2.24. The largest absolute Gasteiger partial charge is 0.482 e. The summed E-state index contributed by atoms with van der Waals surface area (Å²) in [5.74, 6) is -1.55. The number of rotatable bonds is 7. The number of hydrogen-bond acceptors (Lipinski definition) is 6. The quantitative estimate of drug-likeness (QED) is 0.405. The van der Waals surface area contributed by atoms with Crippen LogP contribution < -0.4 is 10.1 Å². The van der Waals surface area contributed by atoms with Crippen molar-refractivity contribution in [2.24, 2.45) is 0 Å². The Morgan fingerprint density at radius 1 is 1.10 bits per heavy atom. The maximum absolute atomic E-state index is 12.7. The predicted octanol–water partition coefficient (Wildman–Crippen LogP) is 3.83. The zero-order chi connectivity index (χ0) is 21.6. The molecule has 2 rings (SSSR count). The van der Waals surface area contributed by atoms with E-state index in [9.17, 15) is 32.9 Å². The van der Waals surface area contributed by atoms with Crippen LogP contribution in [-0.4, -0.2) is 30.0 Å². The fourth-order valence-electron chi connectivity index (χ4n) is 2.01. The summed E-state index contributed by atoms with van der Waals surface area (Å²) in [5, 5.41) is 13.5. The molecule has 0 saturated carbocycles. The maximum Gasteiger partial charge on any atom is 0.416 e. The molecule has 0 heterocycles. The van der Waals surface area contributed by atoms with Gasteiger partial charge in [0.15, 0.2) is 13.2 Å². The number of carbonyl (C=O) groups is 2. The molecule has 0 aliphatic rings. The smallest absolute Gasteiger partial charge is 0.416 e. The molecule has 12 heteroatoms. The van der Waals surface area contributed by atoms with Crippen LogP contribution in [0.5, 0.6) is 5.75 Å². The SMILES string of the molecule is O=C(COC(=O)COc1ccc(Cl)cc1)Nc1ccc(C(F)(F)F)cc1[N+](=O)[O-]. The third-order valence-electron chi connectivity index (χ3n) is 3.33. The molecule has 0 atom stereocenters. The second-order valence-corrected chi connectivity index (χ2v) is 5.87. The second-order valence-electron chi connectivity index (χ2n) is 5.44. The zero-order valence-electron chi connectivity index (χ0n) is 14.4. The Hall–Kier alpha value is -3.34. The molecule has 0 bridgehead atoms. The molecular weight excluding hydrogens is 421 g/mol. The average molecular weight is 433 g/mol. The molecule has 1 amide bonds. The Kier molecular flexibility index (Phi) is 6.99. The number of alkyl halides is 3. The average Bonchev–Trinajstić information content (AvgIpc) is 2.65. The lowest BCUT2D eigenvalue weighted by Gasteiger charge is -2.10. The van der Waals surface area contributed by atoms with Gasteiger partial charge in [0.25, 0.3) is 11.6 Å². The fraction of sp³-hybridized carbons (Fsp3) is 0.176. The van der Waals surface area contributed by atoms with E-state index in [0.717, 1.165) is 6.07 Å². The molecule has 2 aromatic carbocycles. The number of halogens is 4. The van der Waals surface area contributed by atoms with Crippen LogP contribution in [0.15, 0.2) is 42.5 Å². The monoisotopic (exact) mass is 432 g/mol. The molecule has 0 aromatic heterocycles. The topological polar surface area (TPSA) is 108 Å². The first-order chi connectivity index (χ1) is 13.6.